The van der Waals surface area contributed by atoms with E-state index in [1.807, 2.05) is 0 Å². The summed E-state index contributed by atoms with van der Waals surface area (Å²) in [5.41, 5.74) is 6.61. The van der Waals surface area contributed by atoms with Crippen LogP contribution in [-0.4, -0.2) is 13.4 Å². The topological polar surface area (TPSA) is 85.1 Å². The monoisotopic (exact) mass is 295 g/mol. The molecule has 2 rings (SSSR count). The molecular formula is C13H14FN3O2S. The van der Waals surface area contributed by atoms with Crippen molar-refractivity contribution in [1.29, 1.82) is 0 Å². The first kappa shape index (κ1) is 14.6. The zero-order valence-corrected chi connectivity index (χ0v) is 11.4. The van der Waals surface area contributed by atoms with Crippen LogP contribution in [0.4, 0.5) is 4.39 Å². The quantitative estimate of drug-likeness (QED) is 0.866. The molecule has 0 unspecified atom stereocenters. The van der Waals surface area contributed by atoms with Crippen molar-refractivity contribution in [2.75, 3.05) is 0 Å². The number of halogens is 1. The highest BCUT2D eigenvalue weighted by Gasteiger charge is 2.18. The van der Waals surface area contributed by atoms with E-state index < -0.39 is 15.8 Å². The minimum Gasteiger partial charge on any atom is -0.326 e. The molecule has 0 aliphatic rings. The Bertz CT molecular complexity index is 690. The third-order valence-corrected chi connectivity index (χ3v) is 4.24. The molecule has 0 fully saturated rings. The van der Waals surface area contributed by atoms with Crippen molar-refractivity contribution >= 4 is 10.0 Å². The number of aromatic nitrogens is 1. The Kier molecular flexibility index (Phi) is 4.43. The molecule has 0 aliphatic carbocycles. The average molecular weight is 295 g/mol. The number of nitrogens with two attached hydrogens (primary N) is 1. The smallest absolute Gasteiger partial charge is 0.241 e. The number of nitrogens with one attached hydrogen (secondary N) is 1. The van der Waals surface area contributed by atoms with E-state index in [-0.39, 0.29) is 18.0 Å². The average Bonchev–Trinajstić information content (AvgIpc) is 2.46. The molecule has 106 valence electrons. The largest absolute Gasteiger partial charge is 0.326 e. The van der Waals surface area contributed by atoms with Crippen molar-refractivity contribution in [3.05, 3.63) is 59.7 Å². The van der Waals surface area contributed by atoms with Gasteiger partial charge in [-0.3, -0.25) is 4.98 Å². The van der Waals surface area contributed by atoms with Gasteiger partial charge in [0, 0.05) is 25.5 Å². The van der Waals surface area contributed by atoms with Gasteiger partial charge in [0.25, 0.3) is 0 Å². The highest BCUT2D eigenvalue weighted by Crippen LogP contribution is 2.17. The molecule has 0 saturated carbocycles. The number of nitrogens with zero attached hydrogens (tertiary/aromatic N) is 1. The molecule has 3 N–H and O–H groups in total. The lowest BCUT2D eigenvalue weighted by molar-refractivity contribution is 0.575. The lowest BCUT2D eigenvalue weighted by Gasteiger charge is -2.10. The van der Waals surface area contributed by atoms with Gasteiger partial charge < -0.3 is 5.73 Å². The summed E-state index contributed by atoms with van der Waals surface area (Å²) in [7, 11) is -3.81. The highest BCUT2D eigenvalue weighted by molar-refractivity contribution is 7.89. The van der Waals surface area contributed by atoms with Crippen molar-refractivity contribution < 1.29 is 12.8 Å². The van der Waals surface area contributed by atoms with Gasteiger partial charge in [0.05, 0.1) is 4.90 Å². The molecule has 0 spiro atoms. The first-order chi connectivity index (χ1) is 9.53. The molecule has 1 heterocycles. The maximum Gasteiger partial charge on any atom is 0.241 e. The van der Waals surface area contributed by atoms with E-state index >= 15 is 0 Å². The van der Waals surface area contributed by atoms with Crippen LogP contribution in [0.25, 0.3) is 0 Å². The second-order valence-electron chi connectivity index (χ2n) is 4.14. The number of rotatable bonds is 5. The van der Waals surface area contributed by atoms with Crippen LogP contribution in [0.3, 0.4) is 0 Å². The van der Waals surface area contributed by atoms with E-state index in [0.29, 0.717) is 5.56 Å². The van der Waals surface area contributed by atoms with E-state index in [1.165, 1.54) is 12.1 Å². The molecule has 5 nitrogen and oxygen atoms in total. The van der Waals surface area contributed by atoms with Crippen LogP contribution >= 0.6 is 0 Å². The maximum absolute atomic E-state index is 13.2. The van der Waals surface area contributed by atoms with Gasteiger partial charge in [0.1, 0.15) is 5.82 Å². The van der Waals surface area contributed by atoms with Gasteiger partial charge in [-0.25, -0.2) is 17.5 Å². The Hall–Kier alpha value is -1.83. The molecule has 0 aliphatic heterocycles. The first-order valence-corrected chi connectivity index (χ1v) is 7.38. The summed E-state index contributed by atoms with van der Waals surface area (Å²) in [6.45, 7) is 0.122. The summed E-state index contributed by atoms with van der Waals surface area (Å²) in [5, 5.41) is 0. The van der Waals surface area contributed by atoms with Crippen LogP contribution in [0.5, 0.6) is 0 Å². The van der Waals surface area contributed by atoms with Crippen LogP contribution in [-0.2, 0) is 23.1 Å². The molecule has 2 aromatic rings. The Morgan fingerprint density at radius 3 is 2.55 bits per heavy atom. The van der Waals surface area contributed by atoms with Gasteiger partial charge in [-0.15, -0.1) is 0 Å². The Morgan fingerprint density at radius 2 is 1.90 bits per heavy atom. The summed E-state index contributed by atoms with van der Waals surface area (Å²) in [4.78, 5) is 3.71. The van der Waals surface area contributed by atoms with Crippen molar-refractivity contribution in [2.24, 2.45) is 5.73 Å². The molecule has 1 aromatic heterocycles. The fourth-order valence-electron chi connectivity index (χ4n) is 1.70. The predicted molar refractivity (Wildman–Crippen MR) is 72.6 cm³/mol. The standard InChI is InChI=1S/C13H14FN3O2S/c14-12-2-1-11(8-15)13(7-12)20(18,19)17-9-10-3-5-16-6-4-10/h1-7,17H,8-9,15H2. The van der Waals surface area contributed by atoms with Crippen LogP contribution in [0.15, 0.2) is 47.6 Å². The van der Waals surface area contributed by atoms with Crippen LogP contribution in [0.2, 0.25) is 0 Å². The third-order valence-electron chi connectivity index (χ3n) is 2.75. The maximum atomic E-state index is 13.2. The molecule has 20 heavy (non-hydrogen) atoms. The van der Waals surface area contributed by atoms with E-state index in [9.17, 15) is 12.8 Å². The van der Waals surface area contributed by atoms with Crippen molar-refractivity contribution in [3.63, 3.8) is 0 Å². The van der Waals surface area contributed by atoms with Gasteiger partial charge in [-0.2, -0.15) is 0 Å². The lowest BCUT2D eigenvalue weighted by atomic mass is 10.2. The van der Waals surface area contributed by atoms with E-state index in [4.69, 9.17) is 5.73 Å². The number of hydrogen-bond donors (Lipinski definition) is 2. The fourth-order valence-corrected chi connectivity index (χ4v) is 2.98. The molecular weight excluding hydrogens is 281 g/mol. The summed E-state index contributed by atoms with van der Waals surface area (Å²) in [5.74, 6) is -0.619. The Balaban J connectivity index is 2.24. The predicted octanol–water partition coefficient (Wildman–Crippen LogP) is 1.16. The normalized spacial score (nSPS) is 11.5. The molecule has 0 saturated heterocycles. The van der Waals surface area contributed by atoms with Crippen LogP contribution < -0.4 is 10.5 Å². The zero-order chi connectivity index (χ0) is 14.6. The molecule has 0 atom stereocenters. The SMILES string of the molecule is NCc1ccc(F)cc1S(=O)(=O)NCc1ccncc1. The Morgan fingerprint density at radius 1 is 1.20 bits per heavy atom. The second kappa shape index (κ2) is 6.08. The molecule has 1 aromatic carbocycles. The fraction of sp³-hybridized carbons (Fsp3) is 0.154. The zero-order valence-electron chi connectivity index (χ0n) is 10.6. The lowest BCUT2D eigenvalue weighted by Crippen LogP contribution is -2.25. The van der Waals surface area contributed by atoms with Gasteiger partial charge in [-0.1, -0.05) is 6.07 Å². The molecule has 0 amide bonds. The van der Waals surface area contributed by atoms with Gasteiger partial charge in [0.15, 0.2) is 0 Å². The summed E-state index contributed by atoms with van der Waals surface area (Å²) in [6, 6.07) is 6.91. The molecule has 0 bridgehead atoms. The van der Waals surface area contributed by atoms with Crippen molar-refractivity contribution in [2.45, 2.75) is 18.0 Å². The first-order valence-electron chi connectivity index (χ1n) is 5.90. The number of sulfonamides is 1. The minimum atomic E-state index is -3.81. The third kappa shape index (κ3) is 3.38. The van der Waals surface area contributed by atoms with Crippen LogP contribution in [0, 0.1) is 5.82 Å². The molecule has 0 radical (unpaired) electrons. The van der Waals surface area contributed by atoms with Gasteiger partial charge in [0.2, 0.25) is 10.0 Å². The van der Waals surface area contributed by atoms with Crippen molar-refractivity contribution in [3.8, 4) is 0 Å². The highest BCUT2D eigenvalue weighted by atomic mass is 32.2. The van der Waals surface area contributed by atoms with E-state index in [1.54, 1.807) is 24.5 Å². The van der Waals surface area contributed by atoms with Crippen LogP contribution in [0.1, 0.15) is 11.1 Å². The number of pyridine rings is 1. The minimum absolute atomic E-state index is 0.0196. The number of hydrogen-bond acceptors (Lipinski definition) is 4. The Labute approximate surface area is 116 Å². The van der Waals surface area contributed by atoms with Gasteiger partial charge in [-0.05, 0) is 35.4 Å². The number of benzene rings is 1. The summed E-state index contributed by atoms with van der Waals surface area (Å²) < 4.78 is 40.0. The van der Waals surface area contributed by atoms with Crippen molar-refractivity contribution in [1.82, 2.24) is 9.71 Å². The van der Waals surface area contributed by atoms with E-state index in [0.717, 1.165) is 11.6 Å². The second-order valence-corrected chi connectivity index (χ2v) is 5.87. The summed E-state index contributed by atoms with van der Waals surface area (Å²) >= 11 is 0. The van der Waals surface area contributed by atoms with Gasteiger partial charge >= 0.3 is 0 Å². The summed E-state index contributed by atoms with van der Waals surface area (Å²) in [6.07, 6.45) is 3.13. The van der Waals surface area contributed by atoms with E-state index in [2.05, 4.69) is 9.71 Å². The molecule has 7 heteroatoms.